The van der Waals surface area contributed by atoms with Crippen molar-refractivity contribution in [2.75, 3.05) is 0 Å². The molecule has 0 aliphatic carbocycles. The molecule has 0 bridgehead atoms. The number of hydrogen-bond acceptors (Lipinski definition) is 1. The van der Waals surface area contributed by atoms with Gasteiger partial charge in [-0.05, 0) is 17.9 Å². The van der Waals surface area contributed by atoms with Gasteiger partial charge in [-0.3, -0.25) is 0 Å². The van der Waals surface area contributed by atoms with E-state index in [9.17, 15) is 0 Å². The van der Waals surface area contributed by atoms with Crippen LogP contribution in [0.15, 0.2) is 5.10 Å². The molecule has 0 fully saturated rings. The van der Waals surface area contributed by atoms with Crippen molar-refractivity contribution in [1.82, 2.24) is 0 Å². The maximum absolute atomic E-state index is 3.84. The molecule has 7 heavy (non-hydrogen) atoms. The Morgan fingerprint density at radius 3 is 3.43 bits per heavy atom. The Morgan fingerprint density at radius 2 is 2.43 bits per heavy atom. The second-order valence-electron chi connectivity index (χ2n) is 1.58. The molecule has 0 unspecified atom stereocenters. The maximum Gasteiger partial charge on any atom is 0.170 e. The van der Waals surface area contributed by atoms with Crippen LogP contribution in [0.5, 0.6) is 0 Å². The molecule has 0 radical (unpaired) electrons. The van der Waals surface area contributed by atoms with Crippen LogP contribution in [0.1, 0.15) is 19.3 Å². The first-order valence-corrected chi connectivity index (χ1v) is 2.59. The molecule has 0 saturated heterocycles. The normalized spacial score (nSPS) is 19.4. The third-order valence-corrected chi connectivity index (χ3v) is 0.939. The topological polar surface area (TPSA) is 26.3 Å². The number of nitrogens with one attached hydrogen (secondary N) is 1. The van der Waals surface area contributed by atoms with E-state index in [0.29, 0.717) is 0 Å². The first-order chi connectivity index (χ1) is 3.50. The second-order valence-corrected chi connectivity index (χ2v) is 1.58. The summed E-state index contributed by atoms with van der Waals surface area (Å²) >= 11 is 0. The van der Waals surface area contributed by atoms with Gasteiger partial charge >= 0.3 is 0 Å². The van der Waals surface area contributed by atoms with E-state index < -0.39 is 0 Å². The molecule has 0 atom stereocenters. The van der Waals surface area contributed by atoms with E-state index in [1.807, 2.05) is 12.4 Å². The van der Waals surface area contributed by atoms with Gasteiger partial charge in [-0.1, -0.05) is 0 Å². The zero-order valence-corrected chi connectivity index (χ0v) is 4.22. The van der Waals surface area contributed by atoms with Crippen LogP contribution >= 0.6 is 0 Å². The molecule has 0 saturated carbocycles. The molecule has 1 N–H and O–H groups in total. The smallest absolute Gasteiger partial charge is 0.111 e. The molecule has 0 aromatic heterocycles. The van der Waals surface area contributed by atoms with Crippen LogP contribution in [0.4, 0.5) is 0 Å². The van der Waals surface area contributed by atoms with Gasteiger partial charge in [0.25, 0.3) is 0 Å². The van der Waals surface area contributed by atoms with Gasteiger partial charge in [0.15, 0.2) is 6.21 Å². The minimum atomic E-state index is 1.11. The van der Waals surface area contributed by atoms with Crippen LogP contribution in [-0.4, -0.2) is 12.4 Å². The molecule has 1 aliphatic heterocycles. The van der Waals surface area contributed by atoms with Gasteiger partial charge in [0, 0.05) is 6.42 Å². The average Bonchev–Trinajstić information content (AvgIpc) is 1.90. The average molecular weight is 97.1 g/mol. The first kappa shape index (κ1) is 4.50. The Kier molecular flexibility index (Phi) is 1.61. The van der Waals surface area contributed by atoms with Gasteiger partial charge in [0.1, 0.15) is 0 Å². The monoisotopic (exact) mass is 97.1 g/mol. The minimum Gasteiger partial charge on any atom is -0.111 e. The number of hydrogen-bond donors (Lipinski definition) is 1. The number of hydrazone groups is 1. The summed E-state index contributed by atoms with van der Waals surface area (Å²) in [5.41, 5.74) is 0. The molecule has 38 valence electrons. The molecular formula is C5H9N2+. The molecule has 0 spiro atoms. The van der Waals surface area contributed by atoms with Crippen LogP contribution in [0, 0.1) is 0 Å². The van der Waals surface area contributed by atoms with Crippen molar-refractivity contribution in [2.24, 2.45) is 5.10 Å². The SMILES string of the molecule is C1=N[NH+]=CCCC1. The fraction of sp³-hybridized carbons (Fsp3) is 0.600. The summed E-state index contributed by atoms with van der Waals surface area (Å²) in [4.78, 5) is 0. The highest BCUT2D eigenvalue weighted by Gasteiger charge is 1.88. The zero-order chi connectivity index (χ0) is 4.95. The highest BCUT2D eigenvalue weighted by atomic mass is 15.2. The Balaban J connectivity index is 2.39. The van der Waals surface area contributed by atoms with Crippen LogP contribution in [0.25, 0.3) is 0 Å². The standard InChI is InChI=1S/C5H8N2/c1-2-4-6-7-5-3-1/h4-5H,1-3H2/p+1. The first-order valence-electron chi connectivity index (χ1n) is 2.59. The van der Waals surface area contributed by atoms with Gasteiger partial charge in [-0.2, -0.15) is 0 Å². The fourth-order valence-electron chi connectivity index (χ4n) is 0.546. The Morgan fingerprint density at radius 1 is 1.43 bits per heavy atom. The van der Waals surface area contributed by atoms with Crippen molar-refractivity contribution in [3.05, 3.63) is 0 Å². The Hall–Kier alpha value is -0.660. The van der Waals surface area contributed by atoms with Gasteiger partial charge in [-0.15, -0.1) is 5.10 Å². The number of rotatable bonds is 0. The zero-order valence-electron chi connectivity index (χ0n) is 4.22. The van der Waals surface area contributed by atoms with E-state index in [0.717, 1.165) is 12.8 Å². The number of nitrogens with zero attached hydrogens (tertiary/aromatic N) is 1. The van der Waals surface area contributed by atoms with Crippen LogP contribution < -0.4 is 5.10 Å². The molecule has 0 aromatic rings. The summed E-state index contributed by atoms with van der Waals surface area (Å²) in [7, 11) is 0. The van der Waals surface area contributed by atoms with Crippen molar-refractivity contribution >= 4 is 12.4 Å². The molecule has 2 heteroatoms. The predicted octanol–water partition coefficient (Wildman–Crippen LogP) is -0.692. The molecule has 1 rings (SSSR count). The highest BCUT2D eigenvalue weighted by molar-refractivity contribution is 5.59. The lowest BCUT2D eigenvalue weighted by molar-refractivity contribution is -0.457. The van der Waals surface area contributed by atoms with E-state index >= 15 is 0 Å². The summed E-state index contributed by atoms with van der Waals surface area (Å²) in [6.45, 7) is 0. The quantitative estimate of drug-likeness (QED) is 0.414. The molecule has 0 aromatic carbocycles. The molecule has 0 amide bonds. The van der Waals surface area contributed by atoms with Crippen molar-refractivity contribution in [3.63, 3.8) is 0 Å². The summed E-state index contributed by atoms with van der Waals surface area (Å²) in [6.07, 6.45) is 7.37. The van der Waals surface area contributed by atoms with Crippen LogP contribution in [0.2, 0.25) is 0 Å². The van der Waals surface area contributed by atoms with Crippen LogP contribution in [0.3, 0.4) is 0 Å². The Labute approximate surface area is 43.0 Å². The highest BCUT2D eigenvalue weighted by Crippen LogP contribution is 1.87. The third-order valence-electron chi connectivity index (χ3n) is 0.939. The van der Waals surface area contributed by atoms with E-state index in [1.165, 1.54) is 6.42 Å². The molecular weight excluding hydrogens is 88.1 g/mol. The lowest BCUT2D eigenvalue weighted by Crippen LogP contribution is -2.60. The van der Waals surface area contributed by atoms with Crippen molar-refractivity contribution < 1.29 is 5.10 Å². The van der Waals surface area contributed by atoms with Gasteiger partial charge in [0.05, 0.1) is 6.21 Å². The Bertz CT molecular complexity index is 82.3. The summed E-state index contributed by atoms with van der Waals surface area (Å²) in [5.74, 6) is 0. The van der Waals surface area contributed by atoms with E-state index in [4.69, 9.17) is 0 Å². The minimum absolute atomic E-state index is 1.11. The lowest BCUT2D eigenvalue weighted by Gasteiger charge is -1.75. The van der Waals surface area contributed by atoms with Gasteiger partial charge in [0.2, 0.25) is 0 Å². The predicted molar refractivity (Wildman–Crippen MR) is 29.4 cm³/mol. The fourth-order valence-corrected chi connectivity index (χ4v) is 0.546. The van der Waals surface area contributed by atoms with E-state index in [1.54, 1.807) is 0 Å². The van der Waals surface area contributed by atoms with Crippen molar-refractivity contribution in [3.8, 4) is 0 Å². The van der Waals surface area contributed by atoms with Crippen molar-refractivity contribution in [2.45, 2.75) is 19.3 Å². The summed E-state index contributed by atoms with van der Waals surface area (Å²) < 4.78 is 0. The summed E-state index contributed by atoms with van der Waals surface area (Å²) in [5, 5.41) is 6.63. The van der Waals surface area contributed by atoms with E-state index in [-0.39, 0.29) is 0 Å². The van der Waals surface area contributed by atoms with Crippen LogP contribution in [-0.2, 0) is 0 Å². The molecule has 1 aliphatic rings. The lowest BCUT2D eigenvalue weighted by atomic mass is 10.3. The second kappa shape index (κ2) is 2.50. The molecule has 2 nitrogen and oxygen atoms in total. The van der Waals surface area contributed by atoms with Gasteiger partial charge in [-0.25, -0.2) is 0 Å². The molecule has 1 heterocycles. The largest absolute Gasteiger partial charge is 0.170 e. The maximum atomic E-state index is 3.84. The van der Waals surface area contributed by atoms with Crippen molar-refractivity contribution in [1.29, 1.82) is 0 Å². The third kappa shape index (κ3) is 1.48. The van der Waals surface area contributed by atoms with Gasteiger partial charge < -0.3 is 0 Å². The van der Waals surface area contributed by atoms with E-state index in [2.05, 4.69) is 10.2 Å². The summed E-state index contributed by atoms with van der Waals surface area (Å²) in [6, 6.07) is 0.